The minimum absolute atomic E-state index is 0.0497. The normalized spacial score (nSPS) is 23.3. The number of likely N-dealkylation sites (tertiary alicyclic amines) is 1. The van der Waals surface area contributed by atoms with Crippen LogP contribution in [0.25, 0.3) is 10.9 Å². The number of rotatable bonds is 5. The Morgan fingerprint density at radius 3 is 2.22 bits per heavy atom. The number of nitrogens with one attached hydrogen (secondary N) is 2. The zero-order chi connectivity index (χ0) is 26.9. The van der Waals surface area contributed by atoms with Crippen molar-refractivity contribution in [2.75, 3.05) is 6.54 Å². The lowest BCUT2D eigenvalue weighted by molar-refractivity contribution is -0.165. The van der Waals surface area contributed by atoms with Gasteiger partial charge in [0.1, 0.15) is 0 Å². The number of benzene rings is 1. The Hall–Kier alpha value is -2.95. The summed E-state index contributed by atoms with van der Waals surface area (Å²) < 4.78 is 0. The fraction of sp³-hybridized carbons (Fsp3) is 0.577. The van der Waals surface area contributed by atoms with Gasteiger partial charge in [-0.15, -0.1) is 0 Å². The van der Waals surface area contributed by atoms with Crippen LogP contribution in [0.2, 0.25) is 0 Å². The Bertz CT molecular complexity index is 1100. The van der Waals surface area contributed by atoms with Crippen LogP contribution in [0, 0.1) is 5.92 Å². The van der Waals surface area contributed by atoms with Crippen molar-refractivity contribution in [3.05, 3.63) is 35.5 Å². The lowest BCUT2D eigenvalue weighted by Crippen LogP contribution is -2.56. The number of piperidine rings is 1. The fourth-order valence-electron chi connectivity index (χ4n) is 5.26. The number of aliphatic hydroxyl groups is 2. The molecule has 0 spiro atoms. The number of aliphatic hydroxyl groups excluding tert-OH is 2. The van der Waals surface area contributed by atoms with E-state index < -0.39 is 24.1 Å². The Morgan fingerprint density at radius 2 is 1.69 bits per heavy atom. The highest BCUT2D eigenvalue weighted by Crippen LogP contribution is 2.45. The van der Waals surface area contributed by atoms with Crippen LogP contribution in [-0.4, -0.2) is 84.5 Å². The Morgan fingerprint density at radius 1 is 1.08 bits per heavy atom. The number of carboxylic acids is 2. The van der Waals surface area contributed by atoms with Crippen molar-refractivity contribution in [3.8, 4) is 0 Å². The van der Waals surface area contributed by atoms with Gasteiger partial charge in [-0.25, -0.2) is 9.59 Å². The van der Waals surface area contributed by atoms with Crippen molar-refractivity contribution < 1.29 is 34.8 Å². The molecule has 1 aromatic carbocycles. The molecule has 1 saturated heterocycles. The fourth-order valence-corrected chi connectivity index (χ4v) is 5.26. The molecular weight excluding hydrogens is 466 g/mol. The molecular formula is C26H37N3O7. The molecule has 1 aliphatic carbocycles. The summed E-state index contributed by atoms with van der Waals surface area (Å²) >= 11 is 0. The first-order chi connectivity index (χ1) is 16.7. The molecule has 198 valence electrons. The van der Waals surface area contributed by atoms with Gasteiger partial charge in [-0.3, -0.25) is 9.69 Å². The maximum atomic E-state index is 13.0. The topological polar surface area (TPSA) is 163 Å². The molecule has 1 aliphatic heterocycles. The third-order valence-corrected chi connectivity index (χ3v) is 6.85. The van der Waals surface area contributed by atoms with Gasteiger partial charge in [-0.2, -0.15) is 0 Å². The van der Waals surface area contributed by atoms with Crippen LogP contribution in [0.3, 0.4) is 0 Å². The van der Waals surface area contributed by atoms with Crippen molar-refractivity contribution >= 4 is 28.7 Å². The molecule has 36 heavy (non-hydrogen) atoms. The smallest absolute Gasteiger partial charge is 0.335 e. The standard InChI is InChI=1S/C22H31N3O.C4H6O6/c1-13(2)25-12-15(21(26)24-22(3,4)5)9-17-16-7-6-8-18-20(16)14(11-23-18)10-19(17)25;5-1(3(7)8)2(6)4(9)10/h6-8,11,13,15,17,19,23H,9-10,12H2,1-5H3,(H,24,26);1-2,5-6H,(H,7,8)(H,9,10)/t15?,17-,19-;/m1./s1. The first kappa shape index (κ1) is 27.6. The maximum absolute atomic E-state index is 13.0. The Labute approximate surface area is 210 Å². The Kier molecular flexibility index (Phi) is 8.12. The number of aromatic nitrogens is 1. The molecule has 1 aromatic heterocycles. The predicted molar refractivity (Wildman–Crippen MR) is 134 cm³/mol. The molecule has 5 atom stereocenters. The predicted octanol–water partition coefficient (Wildman–Crippen LogP) is 1.70. The second kappa shape index (κ2) is 10.6. The highest BCUT2D eigenvalue weighted by atomic mass is 16.4. The first-order valence-electron chi connectivity index (χ1n) is 12.2. The number of hydrogen-bond donors (Lipinski definition) is 6. The van der Waals surface area contributed by atoms with Crippen LogP contribution in [0.1, 0.15) is 58.1 Å². The van der Waals surface area contributed by atoms with Gasteiger partial charge in [0, 0.05) is 47.2 Å². The molecule has 0 saturated carbocycles. The molecule has 1 fully saturated rings. The lowest BCUT2D eigenvalue weighted by atomic mass is 9.71. The highest BCUT2D eigenvalue weighted by molar-refractivity contribution is 5.89. The number of carbonyl (C=O) groups is 3. The number of H-pyrrole nitrogens is 1. The van der Waals surface area contributed by atoms with Crippen LogP contribution in [0.15, 0.2) is 24.4 Å². The van der Waals surface area contributed by atoms with Crippen LogP contribution in [-0.2, 0) is 20.8 Å². The average Bonchev–Trinajstić information content (AvgIpc) is 3.20. The number of nitrogens with zero attached hydrogens (tertiary/aromatic N) is 1. The summed E-state index contributed by atoms with van der Waals surface area (Å²) in [7, 11) is 0. The third-order valence-electron chi connectivity index (χ3n) is 6.85. The van der Waals surface area contributed by atoms with Crippen molar-refractivity contribution in [2.45, 2.75) is 83.2 Å². The zero-order valence-electron chi connectivity index (χ0n) is 21.4. The van der Waals surface area contributed by atoms with Crippen LogP contribution in [0.4, 0.5) is 0 Å². The molecule has 0 radical (unpaired) electrons. The van der Waals surface area contributed by atoms with E-state index in [-0.39, 0.29) is 17.4 Å². The second-order valence-electron chi connectivity index (χ2n) is 11.0. The molecule has 1 amide bonds. The van der Waals surface area contributed by atoms with Gasteiger partial charge in [0.2, 0.25) is 5.91 Å². The van der Waals surface area contributed by atoms with Crippen LogP contribution in [0.5, 0.6) is 0 Å². The summed E-state index contributed by atoms with van der Waals surface area (Å²) in [5.74, 6) is -2.86. The molecule has 2 aliphatic rings. The minimum Gasteiger partial charge on any atom is -0.479 e. The van der Waals surface area contributed by atoms with E-state index in [0.29, 0.717) is 18.0 Å². The molecule has 2 heterocycles. The van der Waals surface area contributed by atoms with Gasteiger partial charge in [0.25, 0.3) is 0 Å². The Balaban J connectivity index is 0.000000308. The number of fused-ring (bicyclic) bond motifs is 2. The van der Waals surface area contributed by atoms with Crippen molar-refractivity contribution in [3.63, 3.8) is 0 Å². The molecule has 10 heteroatoms. The van der Waals surface area contributed by atoms with E-state index in [9.17, 15) is 14.4 Å². The summed E-state index contributed by atoms with van der Waals surface area (Å²) in [6, 6.07) is 7.52. The van der Waals surface area contributed by atoms with Gasteiger partial charge in [-0.05, 0) is 64.7 Å². The van der Waals surface area contributed by atoms with E-state index in [2.05, 4.69) is 74.2 Å². The van der Waals surface area contributed by atoms with Gasteiger partial charge in [-0.1, -0.05) is 12.1 Å². The van der Waals surface area contributed by atoms with E-state index in [1.165, 1.54) is 22.0 Å². The first-order valence-corrected chi connectivity index (χ1v) is 12.2. The van der Waals surface area contributed by atoms with Crippen LogP contribution >= 0.6 is 0 Å². The minimum atomic E-state index is -2.27. The number of aliphatic carboxylic acids is 2. The van der Waals surface area contributed by atoms with Crippen LogP contribution < -0.4 is 5.32 Å². The highest BCUT2D eigenvalue weighted by Gasteiger charge is 2.43. The van der Waals surface area contributed by atoms with Crippen molar-refractivity contribution in [1.82, 2.24) is 15.2 Å². The molecule has 0 bridgehead atoms. The SMILES string of the molecule is CC(C)N1CC(C(=O)NC(C)(C)C)C[C@@H]2c3cccc4[nH]cc(c34)C[C@H]21.O=C(O)C(O)C(O)C(=O)O. The number of hydrogen-bond acceptors (Lipinski definition) is 6. The summed E-state index contributed by atoms with van der Waals surface area (Å²) in [6.07, 6.45) is -0.330. The van der Waals surface area contributed by atoms with E-state index in [0.717, 1.165) is 19.4 Å². The van der Waals surface area contributed by atoms with Gasteiger partial charge in [0.05, 0.1) is 5.92 Å². The van der Waals surface area contributed by atoms with Crippen molar-refractivity contribution in [2.24, 2.45) is 5.92 Å². The number of amides is 1. The monoisotopic (exact) mass is 503 g/mol. The van der Waals surface area contributed by atoms with E-state index in [4.69, 9.17) is 20.4 Å². The summed E-state index contributed by atoms with van der Waals surface area (Å²) in [4.78, 5) is 38.5. The summed E-state index contributed by atoms with van der Waals surface area (Å²) in [6.45, 7) is 11.6. The largest absolute Gasteiger partial charge is 0.479 e. The van der Waals surface area contributed by atoms with Gasteiger partial charge < -0.3 is 30.7 Å². The van der Waals surface area contributed by atoms with E-state index in [1.54, 1.807) is 0 Å². The van der Waals surface area contributed by atoms with E-state index >= 15 is 0 Å². The van der Waals surface area contributed by atoms with Gasteiger partial charge >= 0.3 is 11.9 Å². The molecule has 6 N–H and O–H groups in total. The maximum Gasteiger partial charge on any atom is 0.335 e. The quantitative estimate of drug-likeness (QED) is 0.359. The molecule has 10 nitrogen and oxygen atoms in total. The second-order valence-corrected chi connectivity index (χ2v) is 11.0. The summed E-state index contributed by atoms with van der Waals surface area (Å²) in [5, 5.41) is 37.1. The number of carboxylic acid groups (broad SMARTS) is 2. The average molecular weight is 504 g/mol. The molecule has 3 unspecified atom stereocenters. The number of aromatic amines is 1. The van der Waals surface area contributed by atoms with Crippen molar-refractivity contribution in [1.29, 1.82) is 0 Å². The molecule has 4 rings (SSSR count). The summed E-state index contributed by atoms with van der Waals surface area (Å²) in [5.41, 5.74) is 3.90. The van der Waals surface area contributed by atoms with Gasteiger partial charge in [0.15, 0.2) is 12.2 Å². The molecule has 2 aromatic rings. The number of carbonyl (C=O) groups excluding carboxylic acids is 1. The third kappa shape index (κ3) is 5.88. The van der Waals surface area contributed by atoms with E-state index in [1.807, 2.05) is 0 Å². The lowest BCUT2D eigenvalue weighted by Gasteiger charge is -2.48. The zero-order valence-corrected chi connectivity index (χ0v) is 21.4.